The summed E-state index contributed by atoms with van der Waals surface area (Å²) in [6.45, 7) is 5.84. The number of piperazine rings is 1. The van der Waals surface area contributed by atoms with E-state index in [2.05, 4.69) is 26.8 Å². The number of para-hydroxylation sites is 1. The van der Waals surface area contributed by atoms with Crippen molar-refractivity contribution in [2.75, 3.05) is 31.1 Å². The van der Waals surface area contributed by atoms with E-state index in [-0.39, 0.29) is 5.82 Å². The maximum absolute atomic E-state index is 14.9. The normalized spacial score (nSPS) is 15.9. The Morgan fingerprint density at radius 3 is 2.48 bits per heavy atom. The minimum Gasteiger partial charge on any atom is -0.380 e. The zero-order valence-corrected chi connectivity index (χ0v) is 18.1. The van der Waals surface area contributed by atoms with E-state index in [1.807, 2.05) is 24.3 Å². The van der Waals surface area contributed by atoms with Crippen LogP contribution in [0.4, 0.5) is 10.1 Å². The Bertz CT molecular complexity index is 998. The summed E-state index contributed by atoms with van der Waals surface area (Å²) in [4.78, 5) is 17.5. The van der Waals surface area contributed by atoms with Crippen LogP contribution in [0.5, 0.6) is 0 Å². The number of rotatable bonds is 7. The lowest BCUT2D eigenvalue weighted by Crippen LogP contribution is -2.46. The average molecular weight is 425 g/mol. The summed E-state index contributed by atoms with van der Waals surface area (Å²) in [6.07, 6.45) is 8.17. The predicted molar refractivity (Wildman–Crippen MR) is 117 cm³/mol. The number of hydrogen-bond donors (Lipinski definition) is 1. The summed E-state index contributed by atoms with van der Waals surface area (Å²) in [5.74, 6) is 1.06. The molecule has 3 aromatic rings. The van der Waals surface area contributed by atoms with Crippen molar-refractivity contribution in [3.8, 4) is 0 Å². The first kappa shape index (κ1) is 21.4. The SMILES string of the molecule is CCCc1ncc(CN2CCN(c3c(F)cccc3C(O)c3nccn3C)CC2)cn1. The summed E-state index contributed by atoms with van der Waals surface area (Å²) in [5, 5.41) is 10.9. The number of hydrogen-bond acceptors (Lipinski definition) is 6. The zero-order chi connectivity index (χ0) is 21.8. The van der Waals surface area contributed by atoms with E-state index in [4.69, 9.17) is 0 Å². The van der Waals surface area contributed by atoms with Gasteiger partial charge in [0, 0.05) is 82.1 Å². The van der Waals surface area contributed by atoms with Gasteiger partial charge in [-0.2, -0.15) is 0 Å². The molecule has 0 radical (unpaired) electrons. The third-order valence-electron chi connectivity index (χ3n) is 5.74. The van der Waals surface area contributed by atoms with Crippen LogP contribution in [0.25, 0.3) is 0 Å². The highest BCUT2D eigenvalue weighted by Crippen LogP contribution is 2.33. The van der Waals surface area contributed by atoms with Crippen molar-refractivity contribution in [1.29, 1.82) is 0 Å². The van der Waals surface area contributed by atoms with Crippen LogP contribution in [-0.4, -0.2) is 55.7 Å². The Morgan fingerprint density at radius 1 is 1.10 bits per heavy atom. The monoisotopic (exact) mass is 424 g/mol. The number of imidazole rings is 1. The van der Waals surface area contributed by atoms with Gasteiger partial charge in [0.05, 0.1) is 5.69 Å². The second-order valence-electron chi connectivity index (χ2n) is 8.00. The van der Waals surface area contributed by atoms with E-state index in [9.17, 15) is 9.50 Å². The molecule has 4 rings (SSSR count). The molecule has 0 saturated carbocycles. The summed E-state index contributed by atoms with van der Waals surface area (Å²) >= 11 is 0. The summed E-state index contributed by atoms with van der Waals surface area (Å²) in [6, 6.07) is 4.86. The summed E-state index contributed by atoms with van der Waals surface area (Å²) in [7, 11) is 1.82. The molecule has 7 nitrogen and oxygen atoms in total. The number of halogens is 1. The van der Waals surface area contributed by atoms with E-state index >= 15 is 0 Å². The minimum absolute atomic E-state index is 0.320. The molecular weight excluding hydrogens is 395 g/mol. The maximum Gasteiger partial charge on any atom is 0.146 e. The van der Waals surface area contributed by atoms with Gasteiger partial charge >= 0.3 is 0 Å². The van der Waals surface area contributed by atoms with Gasteiger partial charge in [0.15, 0.2) is 0 Å². The number of aliphatic hydroxyl groups excluding tert-OH is 1. The molecule has 0 bridgehead atoms. The second-order valence-corrected chi connectivity index (χ2v) is 8.00. The highest BCUT2D eigenvalue weighted by molar-refractivity contribution is 5.57. The predicted octanol–water partition coefficient (Wildman–Crippen LogP) is 2.71. The molecule has 0 spiro atoms. The highest BCUT2D eigenvalue weighted by Gasteiger charge is 2.26. The van der Waals surface area contributed by atoms with Crippen LogP contribution in [0, 0.1) is 5.82 Å². The van der Waals surface area contributed by atoms with Gasteiger partial charge in [-0.05, 0) is 12.5 Å². The Kier molecular flexibility index (Phi) is 6.58. The molecule has 3 heterocycles. The first-order valence-electron chi connectivity index (χ1n) is 10.8. The number of aryl methyl sites for hydroxylation is 2. The summed E-state index contributed by atoms with van der Waals surface area (Å²) in [5.41, 5.74) is 2.10. The fourth-order valence-electron chi connectivity index (χ4n) is 4.07. The second kappa shape index (κ2) is 9.53. The zero-order valence-electron chi connectivity index (χ0n) is 18.1. The van der Waals surface area contributed by atoms with Crippen LogP contribution < -0.4 is 4.90 Å². The van der Waals surface area contributed by atoms with Crippen molar-refractivity contribution < 1.29 is 9.50 Å². The van der Waals surface area contributed by atoms with Gasteiger partial charge in [0.25, 0.3) is 0 Å². The number of aromatic nitrogens is 4. The van der Waals surface area contributed by atoms with Crippen molar-refractivity contribution >= 4 is 5.69 Å². The molecule has 0 aliphatic carbocycles. The van der Waals surface area contributed by atoms with Crippen LogP contribution in [0.3, 0.4) is 0 Å². The largest absolute Gasteiger partial charge is 0.380 e. The highest BCUT2D eigenvalue weighted by atomic mass is 19.1. The molecule has 1 N–H and O–H groups in total. The van der Waals surface area contributed by atoms with Gasteiger partial charge in [0.1, 0.15) is 23.6 Å². The van der Waals surface area contributed by atoms with Crippen LogP contribution in [0.1, 0.15) is 42.2 Å². The van der Waals surface area contributed by atoms with E-state index in [0.29, 0.717) is 30.2 Å². The fourth-order valence-corrected chi connectivity index (χ4v) is 4.07. The molecule has 31 heavy (non-hydrogen) atoms. The Balaban J connectivity index is 1.44. The molecule has 164 valence electrons. The molecule has 0 amide bonds. The number of anilines is 1. The van der Waals surface area contributed by atoms with Crippen molar-refractivity contribution in [3.63, 3.8) is 0 Å². The van der Waals surface area contributed by atoms with Gasteiger partial charge in [-0.3, -0.25) is 4.90 Å². The Hall–Kier alpha value is -2.84. The van der Waals surface area contributed by atoms with Crippen LogP contribution in [0.2, 0.25) is 0 Å². The third kappa shape index (κ3) is 4.75. The van der Waals surface area contributed by atoms with Gasteiger partial charge < -0.3 is 14.6 Å². The number of benzene rings is 1. The lowest BCUT2D eigenvalue weighted by Gasteiger charge is -2.37. The van der Waals surface area contributed by atoms with Crippen molar-refractivity contribution in [3.05, 3.63) is 71.6 Å². The van der Waals surface area contributed by atoms with E-state index in [1.165, 1.54) is 6.07 Å². The maximum atomic E-state index is 14.9. The summed E-state index contributed by atoms with van der Waals surface area (Å²) < 4.78 is 16.6. The molecule has 1 aliphatic rings. The molecule has 1 saturated heterocycles. The van der Waals surface area contributed by atoms with Crippen molar-refractivity contribution in [1.82, 2.24) is 24.4 Å². The molecular formula is C23H29FN6O. The molecule has 1 aliphatic heterocycles. The van der Waals surface area contributed by atoms with Crippen molar-refractivity contribution in [2.24, 2.45) is 7.05 Å². The van der Waals surface area contributed by atoms with Gasteiger partial charge in [0.2, 0.25) is 0 Å². The minimum atomic E-state index is -0.984. The first-order chi connectivity index (χ1) is 15.1. The lowest BCUT2D eigenvalue weighted by atomic mass is 10.0. The molecule has 8 heteroatoms. The third-order valence-corrected chi connectivity index (χ3v) is 5.74. The lowest BCUT2D eigenvalue weighted by molar-refractivity contribution is 0.205. The van der Waals surface area contributed by atoms with Gasteiger partial charge in [-0.25, -0.2) is 19.3 Å². The standard InChI is InChI=1S/C23H29FN6O/c1-3-5-20-26-14-17(15-27-20)16-29-10-12-30(13-11-29)21-18(6-4-7-19(21)24)22(31)23-25-8-9-28(23)2/h4,6-9,14-15,22,31H,3,5,10-13,16H2,1-2H3. The molecule has 2 aromatic heterocycles. The molecule has 1 fully saturated rings. The fraction of sp³-hybridized carbons (Fsp3) is 0.435. The Labute approximate surface area is 182 Å². The molecule has 1 aromatic carbocycles. The van der Waals surface area contributed by atoms with E-state index in [0.717, 1.165) is 43.9 Å². The van der Waals surface area contributed by atoms with Crippen molar-refractivity contribution in [2.45, 2.75) is 32.4 Å². The van der Waals surface area contributed by atoms with Crippen LogP contribution in [-0.2, 0) is 20.0 Å². The number of aliphatic hydroxyl groups is 1. The molecule has 1 atom stereocenters. The topological polar surface area (TPSA) is 70.3 Å². The first-order valence-corrected chi connectivity index (χ1v) is 10.8. The Morgan fingerprint density at radius 2 is 1.84 bits per heavy atom. The van der Waals surface area contributed by atoms with E-state index in [1.54, 1.807) is 29.1 Å². The van der Waals surface area contributed by atoms with E-state index < -0.39 is 6.10 Å². The van der Waals surface area contributed by atoms with Crippen LogP contribution in [0.15, 0.2) is 43.0 Å². The van der Waals surface area contributed by atoms with Gasteiger partial charge in [-0.15, -0.1) is 0 Å². The van der Waals surface area contributed by atoms with Gasteiger partial charge in [-0.1, -0.05) is 19.1 Å². The molecule has 1 unspecified atom stereocenters. The van der Waals surface area contributed by atoms with Crippen LogP contribution >= 0.6 is 0 Å². The quantitative estimate of drug-likeness (QED) is 0.629. The smallest absolute Gasteiger partial charge is 0.146 e. The average Bonchev–Trinajstić information content (AvgIpc) is 3.21. The number of nitrogens with zero attached hydrogens (tertiary/aromatic N) is 6.